The summed E-state index contributed by atoms with van der Waals surface area (Å²) < 4.78 is 13.5. The zero-order chi connectivity index (χ0) is 15.4. The van der Waals surface area contributed by atoms with E-state index in [1.165, 1.54) is 18.9 Å². The Kier molecular flexibility index (Phi) is 5.34. The van der Waals surface area contributed by atoms with E-state index in [1.807, 2.05) is 0 Å². The molecule has 1 saturated heterocycles. The van der Waals surface area contributed by atoms with Crippen LogP contribution in [-0.2, 0) is 6.54 Å². The van der Waals surface area contributed by atoms with Crippen LogP contribution in [0.3, 0.4) is 0 Å². The van der Waals surface area contributed by atoms with Gasteiger partial charge in [-0.1, -0.05) is 13.8 Å². The molecule has 3 nitrogen and oxygen atoms in total. The maximum absolute atomic E-state index is 13.5. The Labute approximate surface area is 125 Å². The largest absolute Gasteiger partial charge is 0.478 e. The van der Waals surface area contributed by atoms with E-state index in [9.17, 15) is 9.18 Å². The second kappa shape index (κ2) is 7.03. The number of hydrogen-bond acceptors (Lipinski definition) is 2. The van der Waals surface area contributed by atoms with Gasteiger partial charge < -0.3 is 5.11 Å². The van der Waals surface area contributed by atoms with Gasteiger partial charge in [0.1, 0.15) is 5.82 Å². The molecule has 1 aromatic rings. The molecule has 1 unspecified atom stereocenters. The Morgan fingerprint density at radius 3 is 2.76 bits per heavy atom. The first-order valence-corrected chi connectivity index (χ1v) is 7.71. The van der Waals surface area contributed by atoms with Crippen LogP contribution < -0.4 is 0 Å². The standard InChI is InChI=1S/C17H24FNO2/c1-12(2)14-4-3-6-19(7-5-14)11-13-8-15(17(20)21)10-16(18)9-13/h8-10,12,14H,3-7,11H2,1-2H3,(H,20,21). The highest BCUT2D eigenvalue weighted by Crippen LogP contribution is 2.25. The maximum Gasteiger partial charge on any atom is 0.335 e. The number of benzene rings is 1. The Morgan fingerprint density at radius 2 is 2.10 bits per heavy atom. The Bertz CT molecular complexity index is 502. The van der Waals surface area contributed by atoms with Gasteiger partial charge in [-0.15, -0.1) is 0 Å². The Balaban J connectivity index is 2.03. The van der Waals surface area contributed by atoms with E-state index in [0.29, 0.717) is 12.5 Å². The molecule has 0 aromatic heterocycles. The third kappa shape index (κ3) is 4.53. The molecule has 1 aliphatic rings. The van der Waals surface area contributed by atoms with Gasteiger partial charge in [-0.2, -0.15) is 0 Å². The lowest BCUT2D eigenvalue weighted by Gasteiger charge is -2.21. The van der Waals surface area contributed by atoms with Crippen molar-refractivity contribution in [2.45, 2.75) is 39.7 Å². The fourth-order valence-corrected chi connectivity index (χ4v) is 3.13. The van der Waals surface area contributed by atoms with Gasteiger partial charge in [-0.25, -0.2) is 9.18 Å². The van der Waals surface area contributed by atoms with Crippen molar-refractivity contribution in [1.29, 1.82) is 0 Å². The normalized spacial score (nSPS) is 20.5. The van der Waals surface area contributed by atoms with Gasteiger partial charge in [0.15, 0.2) is 0 Å². The van der Waals surface area contributed by atoms with E-state index in [0.717, 1.165) is 37.1 Å². The summed E-state index contributed by atoms with van der Waals surface area (Å²) in [5, 5.41) is 9.00. The molecule has 0 saturated carbocycles. The summed E-state index contributed by atoms with van der Waals surface area (Å²) >= 11 is 0. The third-order valence-electron chi connectivity index (χ3n) is 4.42. The lowest BCUT2D eigenvalue weighted by atomic mass is 9.89. The molecule has 1 aliphatic heterocycles. The van der Waals surface area contributed by atoms with Crippen LogP contribution in [0.2, 0.25) is 0 Å². The van der Waals surface area contributed by atoms with E-state index >= 15 is 0 Å². The quantitative estimate of drug-likeness (QED) is 0.918. The minimum atomic E-state index is -1.08. The second-order valence-corrected chi connectivity index (χ2v) is 6.36. The number of aromatic carboxylic acids is 1. The summed E-state index contributed by atoms with van der Waals surface area (Å²) in [5.41, 5.74) is 0.773. The van der Waals surface area contributed by atoms with Crippen molar-refractivity contribution in [3.05, 3.63) is 35.1 Å². The molecular formula is C17H24FNO2. The van der Waals surface area contributed by atoms with Crippen LogP contribution in [0.15, 0.2) is 18.2 Å². The van der Waals surface area contributed by atoms with E-state index in [2.05, 4.69) is 18.7 Å². The topological polar surface area (TPSA) is 40.5 Å². The molecule has 21 heavy (non-hydrogen) atoms. The van der Waals surface area contributed by atoms with Crippen molar-refractivity contribution in [3.63, 3.8) is 0 Å². The first kappa shape index (κ1) is 16.0. The molecule has 0 spiro atoms. The molecule has 1 heterocycles. The predicted octanol–water partition coefficient (Wildman–Crippen LogP) is 3.78. The molecule has 4 heteroatoms. The molecule has 1 N–H and O–H groups in total. The van der Waals surface area contributed by atoms with Crippen molar-refractivity contribution in [2.24, 2.45) is 11.8 Å². The number of likely N-dealkylation sites (tertiary alicyclic amines) is 1. The van der Waals surface area contributed by atoms with Crippen molar-refractivity contribution in [3.8, 4) is 0 Å². The van der Waals surface area contributed by atoms with Gasteiger partial charge in [0.05, 0.1) is 5.56 Å². The number of halogens is 1. The smallest absolute Gasteiger partial charge is 0.335 e. The van der Waals surface area contributed by atoms with Gasteiger partial charge in [-0.05, 0) is 68.0 Å². The van der Waals surface area contributed by atoms with E-state index in [4.69, 9.17) is 5.11 Å². The summed E-state index contributed by atoms with van der Waals surface area (Å²) in [6, 6.07) is 4.09. The molecule has 1 aromatic carbocycles. The summed E-state index contributed by atoms with van der Waals surface area (Å²) in [7, 11) is 0. The third-order valence-corrected chi connectivity index (χ3v) is 4.42. The molecular weight excluding hydrogens is 269 g/mol. The molecule has 1 atom stereocenters. The monoisotopic (exact) mass is 293 g/mol. The van der Waals surface area contributed by atoms with Gasteiger partial charge in [0, 0.05) is 6.54 Å². The maximum atomic E-state index is 13.5. The van der Waals surface area contributed by atoms with Crippen LogP contribution in [0.4, 0.5) is 4.39 Å². The van der Waals surface area contributed by atoms with E-state index in [-0.39, 0.29) is 5.56 Å². The van der Waals surface area contributed by atoms with E-state index < -0.39 is 11.8 Å². The molecule has 1 fully saturated rings. The average Bonchev–Trinajstić information content (AvgIpc) is 2.63. The fourth-order valence-electron chi connectivity index (χ4n) is 3.13. The van der Waals surface area contributed by atoms with Crippen LogP contribution in [-0.4, -0.2) is 29.1 Å². The lowest BCUT2D eigenvalue weighted by molar-refractivity contribution is 0.0696. The second-order valence-electron chi connectivity index (χ2n) is 6.36. The molecule has 0 aliphatic carbocycles. The highest BCUT2D eigenvalue weighted by atomic mass is 19.1. The van der Waals surface area contributed by atoms with Crippen molar-refractivity contribution in [1.82, 2.24) is 4.90 Å². The number of hydrogen-bond donors (Lipinski definition) is 1. The van der Waals surface area contributed by atoms with Gasteiger partial charge in [0.2, 0.25) is 0 Å². The minimum absolute atomic E-state index is 0.0277. The Morgan fingerprint density at radius 1 is 1.33 bits per heavy atom. The van der Waals surface area contributed by atoms with Crippen molar-refractivity contribution < 1.29 is 14.3 Å². The zero-order valence-electron chi connectivity index (χ0n) is 12.8. The predicted molar refractivity (Wildman–Crippen MR) is 80.8 cm³/mol. The first-order valence-electron chi connectivity index (χ1n) is 7.71. The highest BCUT2D eigenvalue weighted by molar-refractivity contribution is 5.87. The molecule has 2 rings (SSSR count). The first-order chi connectivity index (χ1) is 9.95. The van der Waals surface area contributed by atoms with Crippen LogP contribution in [0.5, 0.6) is 0 Å². The van der Waals surface area contributed by atoms with Gasteiger partial charge >= 0.3 is 5.97 Å². The van der Waals surface area contributed by atoms with Crippen LogP contribution in [0.1, 0.15) is 49.0 Å². The van der Waals surface area contributed by atoms with Crippen molar-refractivity contribution >= 4 is 5.97 Å². The lowest BCUT2D eigenvalue weighted by Crippen LogP contribution is -2.24. The fraction of sp³-hybridized carbons (Fsp3) is 0.588. The summed E-state index contributed by atoms with van der Waals surface area (Å²) in [4.78, 5) is 13.3. The number of carboxylic acids is 1. The SMILES string of the molecule is CC(C)C1CCCN(Cc2cc(F)cc(C(=O)O)c2)CC1. The number of rotatable bonds is 4. The van der Waals surface area contributed by atoms with Gasteiger partial charge in [-0.3, -0.25) is 4.90 Å². The minimum Gasteiger partial charge on any atom is -0.478 e. The molecule has 116 valence electrons. The van der Waals surface area contributed by atoms with Crippen LogP contribution in [0, 0.1) is 17.7 Å². The number of carboxylic acid groups (broad SMARTS) is 1. The average molecular weight is 293 g/mol. The molecule has 0 radical (unpaired) electrons. The summed E-state index contributed by atoms with van der Waals surface area (Å²) in [5.74, 6) is -0.0823. The zero-order valence-corrected chi connectivity index (χ0v) is 12.8. The summed E-state index contributed by atoms with van der Waals surface area (Å²) in [6.07, 6.45) is 3.57. The number of nitrogens with zero attached hydrogens (tertiary/aromatic N) is 1. The van der Waals surface area contributed by atoms with Gasteiger partial charge in [0.25, 0.3) is 0 Å². The highest BCUT2D eigenvalue weighted by Gasteiger charge is 2.20. The van der Waals surface area contributed by atoms with Crippen LogP contribution >= 0.6 is 0 Å². The van der Waals surface area contributed by atoms with E-state index in [1.54, 1.807) is 6.07 Å². The molecule has 0 amide bonds. The van der Waals surface area contributed by atoms with Crippen molar-refractivity contribution in [2.75, 3.05) is 13.1 Å². The number of carbonyl (C=O) groups is 1. The molecule has 0 bridgehead atoms. The Hall–Kier alpha value is -1.42. The van der Waals surface area contributed by atoms with Crippen LogP contribution in [0.25, 0.3) is 0 Å². The summed E-state index contributed by atoms with van der Waals surface area (Å²) in [6.45, 7) is 7.17.